The lowest BCUT2D eigenvalue weighted by Gasteiger charge is -2.26. The number of hydrogen-bond donors (Lipinski definition) is 1. The lowest BCUT2D eigenvalue weighted by Crippen LogP contribution is -2.38. The molecule has 1 aliphatic rings. The Balaban J connectivity index is 2.08. The predicted octanol–water partition coefficient (Wildman–Crippen LogP) is 2.37. The molecular formula is C16H21NO4. The molecular weight excluding hydrogens is 270 g/mol. The number of amides is 1. The number of carbonyl (C=O) groups excluding carboxylic acids is 1. The highest BCUT2D eigenvalue weighted by Crippen LogP contribution is 2.20. The number of carboxylic acids is 1. The first-order chi connectivity index (χ1) is 10.1. The van der Waals surface area contributed by atoms with Crippen LogP contribution in [-0.4, -0.2) is 36.2 Å². The minimum Gasteiger partial charge on any atom is -0.480 e. The molecule has 1 atom stereocenters. The predicted molar refractivity (Wildman–Crippen MR) is 79.4 cm³/mol. The maximum Gasteiger partial charge on any atom is 0.323 e. The number of aliphatic carboxylic acids is 1. The number of carboxylic acid groups (broad SMARTS) is 1. The highest BCUT2D eigenvalue weighted by Gasteiger charge is 2.24. The van der Waals surface area contributed by atoms with Crippen LogP contribution in [0.5, 0.6) is 0 Å². The second-order valence-electron chi connectivity index (χ2n) is 5.40. The van der Waals surface area contributed by atoms with E-state index in [1.807, 2.05) is 19.1 Å². The summed E-state index contributed by atoms with van der Waals surface area (Å²) in [5.74, 6) is -1.22. The molecule has 1 unspecified atom stereocenters. The van der Waals surface area contributed by atoms with Crippen LogP contribution in [-0.2, 0) is 14.3 Å². The van der Waals surface area contributed by atoms with Gasteiger partial charge in [-0.15, -0.1) is 0 Å². The molecule has 1 aromatic carbocycles. The summed E-state index contributed by atoms with van der Waals surface area (Å²) in [6.07, 6.45) is 3.10. The Hall–Kier alpha value is -1.88. The third-order valence-electron chi connectivity index (χ3n) is 3.62. The van der Waals surface area contributed by atoms with Crippen LogP contribution in [0, 0.1) is 6.92 Å². The maximum atomic E-state index is 12.4. The van der Waals surface area contributed by atoms with Crippen molar-refractivity contribution in [2.45, 2.75) is 38.7 Å². The van der Waals surface area contributed by atoms with Gasteiger partial charge in [0.15, 0.2) is 0 Å². The van der Waals surface area contributed by atoms with Gasteiger partial charge < -0.3 is 14.7 Å². The fourth-order valence-electron chi connectivity index (χ4n) is 2.46. The number of ether oxygens (including phenoxy) is 1. The lowest BCUT2D eigenvalue weighted by molar-refractivity contribution is -0.137. The van der Waals surface area contributed by atoms with E-state index in [0.717, 1.165) is 24.8 Å². The van der Waals surface area contributed by atoms with Crippen LogP contribution in [0.3, 0.4) is 0 Å². The molecule has 1 amide bonds. The van der Waals surface area contributed by atoms with Gasteiger partial charge in [-0.3, -0.25) is 9.59 Å². The van der Waals surface area contributed by atoms with Gasteiger partial charge in [-0.1, -0.05) is 17.7 Å². The van der Waals surface area contributed by atoms with E-state index in [-0.39, 0.29) is 25.0 Å². The number of aryl methyl sites for hydroxylation is 1. The van der Waals surface area contributed by atoms with E-state index in [4.69, 9.17) is 9.84 Å². The van der Waals surface area contributed by atoms with Crippen molar-refractivity contribution >= 4 is 17.6 Å². The Morgan fingerprint density at radius 3 is 2.57 bits per heavy atom. The molecule has 1 N–H and O–H groups in total. The molecule has 2 rings (SSSR count). The molecule has 0 bridgehead atoms. The Labute approximate surface area is 124 Å². The van der Waals surface area contributed by atoms with E-state index >= 15 is 0 Å². The van der Waals surface area contributed by atoms with Crippen LogP contribution in [0.4, 0.5) is 5.69 Å². The zero-order valence-electron chi connectivity index (χ0n) is 12.2. The molecule has 1 fully saturated rings. The Morgan fingerprint density at radius 1 is 1.29 bits per heavy atom. The van der Waals surface area contributed by atoms with Gasteiger partial charge in [0, 0.05) is 12.3 Å². The fraction of sp³-hybridized carbons (Fsp3) is 0.500. The zero-order valence-corrected chi connectivity index (χ0v) is 12.2. The molecule has 21 heavy (non-hydrogen) atoms. The highest BCUT2D eigenvalue weighted by molar-refractivity contribution is 5.97. The minimum atomic E-state index is -1.02. The van der Waals surface area contributed by atoms with Gasteiger partial charge in [-0.25, -0.2) is 0 Å². The van der Waals surface area contributed by atoms with Crippen molar-refractivity contribution in [1.29, 1.82) is 0 Å². The molecule has 1 saturated heterocycles. The topological polar surface area (TPSA) is 66.8 Å². The van der Waals surface area contributed by atoms with Crippen LogP contribution in [0.1, 0.15) is 31.2 Å². The normalized spacial score (nSPS) is 18.2. The third kappa shape index (κ3) is 4.56. The zero-order chi connectivity index (χ0) is 15.2. The van der Waals surface area contributed by atoms with Crippen molar-refractivity contribution in [3.8, 4) is 0 Å². The van der Waals surface area contributed by atoms with Crippen LogP contribution in [0.25, 0.3) is 0 Å². The molecule has 0 saturated carbocycles. The lowest BCUT2D eigenvalue weighted by atomic mass is 10.1. The number of anilines is 1. The van der Waals surface area contributed by atoms with Gasteiger partial charge in [0.25, 0.3) is 0 Å². The Bertz CT molecular complexity index is 492. The Morgan fingerprint density at radius 2 is 2.00 bits per heavy atom. The van der Waals surface area contributed by atoms with E-state index in [1.54, 1.807) is 12.1 Å². The quantitative estimate of drug-likeness (QED) is 0.904. The van der Waals surface area contributed by atoms with Crippen molar-refractivity contribution in [3.63, 3.8) is 0 Å². The first-order valence-electron chi connectivity index (χ1n) is 7.26. The molecule has 1 heterocycles. The number of carbonyl (C=O) groups is 2. The average molecular weight is 291 g/mol. The second kappa shape index (κ2) is 7.22. The average Bonchev–Trinajstić information content (AvgIpc) is 2.46. The number of benzene rings is 1. The van der Waals surface area contributed by atoms with Crippen LogP contribution in [0.15, 0.2) is 24.3 Å². The Kier molecular flexibility index (Phi) is 5.33. The van der Waals surface area contributed by atoms with Crippen molar-refractivity contribution in [3.05, 3.63) is 29.8 Å². The summed E-state index contributed by atoms with van der Waals surface area (Å²) in [6.45, 7) is 2.30. The van der Waals surface area contributed by atoms with Crippen LogP contribution in [0.2, 0.25) is 0 Å². The molecule has 1 aromatic rings. The van der Waals surface area contributed by atoms with Crippen molar-refractivity contribution in [2.24, 2.45) is 0 Å². The number of hydrogen-bond acceptors (Lipinski definition) is 3. The summed E-state index contributed by atoms with van der Waals surface area (Å²) in [7, 11) is 0. The summed E-state index contributed by atoms with van der Waals surface area (Å²) < 4.78 is 5.56. The molecule has 0 aliphatic carbocycles. The molecule has 0 spiro atoms. The van der Waals surface area contributed by atoms with Crippen LogP contribution >= 0.6 is 0 Å². The monoisotopic (exact) mass is 291 g/mol. The summed E-state index contributed by atoms with van der Waals surface area (Å²) in [6, 6.07) is 7.29. The van der Waals surface area contributed by atoms with E-state index in [1.165, 1.54) is 4.90 Å². The molecule has 5 heteroatoms. The van der Waals surface area contributed by atoms with Gasteiger partial charge in [0.1, 0.15) is 6.54 Å². The fourth-order valence-corrected chi connectivity index (χ4v) is 2.46. The van der Waals surface area contributed by atoms with E-state index < -0.39 is 5.97 Å². The summed E-state index contributed by atoms with van der Waals surface area (Å²) in [4.78, 5) is 24.8. The van der Waals surface area contributed by atoms with Crippen molar-refractivity contribution in [1.82, 2.24) is 0 Å². The van der Waals surface area contributed by atoms with E-state index in [2.05, 4.69) is 0 Å². The largest absolute Gasteiger partial charge is 0.480 e. The van der Waals surface area contributed by atoms with Gasteiger partial charge in [-0.05, 0) is 38.3 Å². The van der Waals surface area contributed by atoms with Crippen LogP contribution < -0.4 is 4.90 Å². The molecule has 114 valence electrons. The summed E-state index contributed by atoms with van der Waals surface area (Å²) in [5, 5.41) is 9.03. The maximum absolute atomic E-state index is 12.4. The standard InChI is InChI=1S/C16H21NO4/c1-12-5-7-13(8-6-12)17(11-16(19)20)15(18)10-14-4-2-3-9-21-14/h5-8,14H,2-4,9-11H2,1H3,(H,19,20). The molecule has 5 nitrogen and oxygen atoms in total. The van der Waals surface area contributed by atoms with E-state index in [9.17, 15) is 9.59 Å². The van der Waals surface area contributed by atoms with E-state index in [0.29, 0.717) is 12.3 Å². The van der Waals surface area contributed by atoms with Gasteiger partial charge in [-0.2, -0.15) is 0 Å². The van der Waals surface area contributed by atoms with Gasteiger partial charge in [0.2, 0.25) is 5.91 Å². The second-order valence-corrected chi connectivity index (χ2v) is 5.40. The first kappa shape index (κ1) is 15.5. The number of rotatable bonds is 5. The first-order valence-corrected chi connectivity index (χ1v) is 7.26. The van der Waals surface area contributed by atoms with Crippen molar-refractivity contribution in [2.75, 3.05) is 18.1 Å². The smallest absolute Gasteiger partial charge is 0.323 e. The van der Waals surface area contributed by atoms with Gasteiger partial charge >= 0.3 is 5.97 Å². The molecule has 0 aromatic heterocycles. The third-order valence-corrected chi connectivity index (χ3v) is 3.62. The summed E-state index contributed by atoms with van der Waals surface area (Å²) in [5.41, 5.74) is 1.68. The van der Waals surface area contributed by atoms with Gasteiger partial charge in [0.05, 0.1) is 12.5 Å². The highest BCUT2D eigenvalue weighted by atomic mass is 16.5. The SMILES string of the molecule is Cc1ccc(N(CC(=O)O)C(=O)CC2CCCCO2)cc1. The van der Waals surface area contributed by atoms with Crippen molar-refractivity contribution < 1.29 is 19.4 Å². The molecule has 1 aliphatic heterocycles. The molecule has 0 radical (unpaired) electrons. The number of nitrogens with zero attached hydrogens (tertiary/aromatic N) is 1. The summed E-state index contributed by atoms with van der Waals surface area (Å²) >= 11 is 0. The minimum absolute atomic E-state index is 0.0898.